The SMILES string of the molecule is Cc1nc(NN)c(C)c(NC(C)C2CC2)n1. The minimum atomic E-state index is 0.471. The van der Waals surface area contributed by atoms with Crippen molar-refractivity contribution >= 4 is 11.6 Å². The van der Waals surface area contributed by atoms with Crippen molar-refractivity contribution < 1.29 is 0 Å². The first-order valence-corrected chi connectivity index (χ1v) is 5.70. The Labute approximate surface area is 95.8 Å². The second-order valence-electron chi connectivity index (χ2n) is 4.51. The molecule has 1 aliphatic carbocycles. The molecule has 0 amide bonds. The predicted octanol–water partition coefficient (Wildman–Crippen LogP) is 1.59. The predicted molar refractivity (Wildman–Crippen MR) is 65.1 cm³/mol. The molecular weight excluding hydrogens is 202 g/mol. The van der Waals surface area contributed by atoms with E-state index in [0.29, 0.717) is 11.9 Å². The molecule has 0 spiro atoms. The fourth-order valence-corrected chi connectivity index (χ4v) is 1.84. The van der Waals surface area contributed by atoms with Crippen molar-refractivity contribution in [1.29, 1.82) is 0 Å². The van der Waals surface area contributed by atoms with Crippen LogP contribution in [-0.4, -0.2) is 16.0 Å². The lowest BCUT2D eigenvalue weighted by molar-refractivity contribution is 0.688. The topological polar surface area (TPSA) is 75.9 Å². The van der Waals surface area contributed by atoms with Gasteiger partial charge in [-0.15, -0.1) is 0 Å². The number of aryl methyl sites for hydroxylation is 1. The van der Waals surface area contributed by atoms with Gasteiger partial charge in [-0.1, -0.05) is 0 Å². The highest BCUT2D eigenvalue weighted by Crippen LogP contribution is 2.34. The van der Waals surface area contributed by atoms with E-state index in [2.05, 4.69) is 27.6 Å². The number of aromatic nitrogens is 2. The maximum atomic E-state index is 5.42. The van der Waals surface area contributed by atoms with Gasteiger partial charge in [-0.05, 0) is 39.5 Å². The molecular formula is C11H19N5. The van der Waals surface area contributed by atoms with E-state index in [9.17, 15) is 0 Å². The second-order valence-corrected chi connectivity index (χ2v) is 4.51. The lowest BCUT2D eigenvalue weighted by atomic mass is 10.2. The third-order valence-corrected chi connectivity index (χ3v) is 3.09. The van der Waals surface area contributed by atoms with Gasteiger partial charge in [0, 0.05) is 11.6 Å². The molecule has 1 atom stereocenters. The number of hydrogen-bond donors (Lipinski definition) is 3. The molecule has 0 aliphatic heterocycles. The van der Waals surface area contributed by atoms with Gasteiger partial charge in [0.05, 0.1) is 0 Å². The number of hydrogen-bond acceptors (Lipinski definition) is 5. The number of nitrogens with two attached hydrogens (primary N) is 1. The molecule has 5 nitrogen and oxygen atoms in total. The Morgan fingerprint density at radius 2 is 1.88 bits per heavy atom. The smallest absolute Gasteiger partial charge is 0.148 e. The Hall–Kier alpha value is -1.36. The van der Waals surface area contributed by atoms with Crippen molar-refractivity contribution in [3.8, 4) is 0 Å². The fourth-order valence-electron chi connectivity index (χ4n) is 1.84. The highest BCUT2D eigenvalue weighted by atomic mass is 15.3. The Bertz CT molecular complexity index is 386. The Morgan fingerprint density at radius 1 is 1.25 bits per heavy atom. The summed E-state index contributed by atoms with van der Waals surface area (Å²) in [5.74, 6) is 8.53. The molecule has 1 fully saturated rings. The van der Waals surface area contributed by atoms with Crippen molar-refractivity contribution in [3.63, 3.8) is 0 Å². The molecule has 0 aromatic carbocycles. The normalized spacial score (nSPS) is 17.0. The number of rotatable bonds is 4. The van der Waals surface area contributed by atoms with Crippen LogP contribution in [0.25, 0.3) is 0 Å². The van der Waals surface area contributed by atoms with Crippen LogP contribution in [0.5, 0.6) is 0 Å². The van der Waals surface area contributed by atoms with Gasteiger partial charge in [-0.25, -0.2) is 15.8 Å². The Balaban J connectivity index is 2.21. The maximum absolute atomic E-state index is 5.42. The Morgan fingerprint density at radius 3 is 2.44 bits per heavy atom. The van der Waals surface area contributed by atoms with E-state index in [0.717, 1.165) is 23.1 Å². The number of nitrogens with zero attached hydrogens (tertiary/aromatic N) is 2. The molecule has 5 heteroatoms. The minimum absolute atomic E-state index is 0.471. The largest absolute Gasteiger partial charge is 0.367 e. The van der Waals surface area contributed by atoms with Crippen LogP contribution in [0.1, 0.15) is 31.2 Å². The number of nitrogen functional groups attached to an aromatic ring is 1. The van der Waals surface area contributed by atoms with E-state index in [4.69, 9.17) is 5.84 Å². The lowest BCUT2D eigenvalue weighted by Crippen LogP contribution is -2.21. The molecule has 0 radical (unpaired) electrons. The van der Waals surface area contributed by atoms with Crippen molar-refractivity contribution in [2.24, 2.45) is 11.8 Å². The van der Waals surface area contributed by atoms with E-state index in [1.165, 1.54) is 12.8 Å². The zero-order chi connectivity index (χ0) is 11.7. The molecule has 1 saturated carbocycles. The van der Waals surface area contributed by atoms with Crippen molar-refractivity contribution in [3.05, 3.63) is 11.4 Å². The van der Waals surface area contributed by atoms with Crippen molar-refractivity contribution in [2.45, 2.75) is 39.7 Å². The van der Waals surface area contributed by atoms with Crippen molar-refractivity contribution in [2.75, 3.05) is 10.7 Å². The molecule has 1 unspecified atom stereocenters. The van der Waals surface area contributed by atoms with Crippen LogP contribution in [0.15, 0.2) is 0 Å². The number of nitrogens with one attached hydrogen (secondary N) is 2. The Kier molecular flexibility index (Phi) is 2.96. The highest BCUT2D eigenvalue weighted by molar-refractivity contribution is 5.57. The highest BCUT2D eigenvalue weighted by Gasteiger charge is 2.28. The van der Waals surface area contributed by atoms with Crippen LogP contribution in [-0.2, 0) is 0 Å². The van der Waals surface area contributed by atoms with Gasteiger partial charge in [0.1, 0.15) is 17.5 Å². The third-order valence-electron chi connectivity index (χ3n) is 3.09. The average molecular weight is 221 g/mol. The molecule has 1 heterocycles. The zero-order valence-electron chi connectivity index (χ0n) is 10.0. The summed E-state index contributed by atoms with van der Waals surface area (Å²) < 4.78 is 0. The minimum Gasteiger partial charge on any atom is -0.367 e. The summed E-state index contributed by atoms with van der Waals surface area (Å²) in [4.78, 5) is 8.65. The van der Waals surface area contributed by atoms with Crippen LogP contribution in [0.4, 0.5) is 11.6 Å². The standard InChI is InChI=1S/C11H19N5/c1-6-10(13-7(2)9-4-5-9)14-8(3)15-11(6)16-12/h7,9H,4-5,12H2,1-3H3,(H2,13,14,15,16). The monoisotopic (exact) mass is 221 g/mol. The second kappa shape index (κ2) is 4.25. The number of anilines is 2. The van der Waals surface area contributed by atoms with Crippen LogP contribution in [0.3, 0.4) is 0 Å². The first-order valence-electron chi connectivity index (χ1n) is 5.70. The van der Waals surface area contributed by atoms with E-state index in [1.807, 2.05) is 13.8 Å². The third kappa shape index (κ3) is 2.24. The van der Waals surface area contributed by atoms with Gasteiger partial charge in [-0.2, -0.15) is 0 Å². The molecule has 16 heavy (non-hydrogen) atoms. The van der Waals surface area contributed by atoms with E-state index in [1.54, 1.807) is 0 Å². The molecule has 4 N–H and O–H groups in total. The van der Waals surface area contributed by atoms with Gasteiger partial charge in [-0.3, -0.25) is 0 Å². The number of hydrazine groups is 1. The summed E-state index contributed by atoms with van der Waals surface area (Å²) >= 11 is 0. The first kappa shape index (κ1) is 11.1. The van der Waals surface area contributed by atoms with Crippen LogP contribution >= 0.6 is 0 Å². The van der Waals surface area contributed by atoms with Gasteiger partial charge in [0.25, 0.3) is 0 Å². The molecule has 88 valence electrons. The van der Waals surface area contributed by atoms with Crippen LogP contribution in [0.2, 0.25) is 0 Å². The summed E-state index contributed by atoms with van der Waals surface area (Å²) in [6.45, 7) is 6.04. The lowest BCUT2D eigenvalue weighted by Gasteiger charge is -2.17. The first-order chi connectivity index (χ1) is 7.61. The summed E-state index contributed by atoms with van der Waals surface area (Å²) in [5, 5.41) is 3.44. The average Bonchev–Trinajstić information content (AvgIpc) is 3.06. The van der Waals surface area contributed by atoms with Crippen LogP contribution in [0, 0.1) is 19.8 Å². The summed E-state index contributed by atoms with van der Waals surface area (Å²) in [6, 6.07) is 0.471. The summed E-state index contributed by atoms with van der Waals surface area (Å²) in [5.41, 5.74) is 3.58. The van der Waals surface area contributed by atoms with E-state index < -0.39 is 0 Å². The molecule has 1 aromatic rings. The maximum Gasteiger partial charge on any atom is 0.148 e. The van der Waals surface area contributed by atoms with Crippen LogP contribution < -0.4 is 16.6 Å². The molecule has 1 aliphatic rings. The fraction of sp³-hybridized carbons (Fsp3) is 0.636. The molecule has 1 aromatic heterocycles. The van der Waals surface area contributed by atoms with Gasteiger partial charge in [0.15, 0.2) is 0 Å². The molecule has 0 saturated heterocycles. The van der Waals surface area contributed by atoms with Crippen molar-refractivity contribution in [1.82, 2.24) is 9.97 Å². The molecule has 2 rings (SSSR count). The van der Waals surface area contributed by atoms with E-state index in [-0.39, 0.29) is 0 Å². The summed E-state index contributed by atoms with van der Waals surface area (Å²) in [6.07, 6.45) is 2.64. The van der Waals surface area contributed by atoms with E-state index >= 15 is 0 Å². The van der Waals surface area contributed by atoms with Gasteiger partial charge >= 0.3 is 0 Å². The quantitative estimate of drug-likeness (QED) is 0.531. The zero-order valence-corrected chi connectivity index (χ0v) is 10.0. The summed E-state index contributed by atoms with van der Waals surface area (Å²) in [7, 11) is 0. The van der Waals surface area contributed by atoms with Gasteiger partial charge < -0.3 is 10.7 Å². The van der Waals surface area contributed by atoms with Gasteiger partial charge in [0.2, 0.25) is 0 Å². The molecule has 0 bridgehead atoms.